The van der Waals surface area contributed by atoms with Crippen molar-refractivity contribution in [2.45, 2.75) is 39.0 Å². The number of aryl methyl sites for hydroxylation is 1. The summed E-state index contributed by atoms with van der Waals surface area (Å²) in [6, 6.07) is 5.89. The molecule has 0 unspecified atom stereocenters. The number of rotatable bonds is 4. The molecule has 92 valence electrons. The maximum atomic E-state index is 11.6. The molecular weight excluding hydrogens is 214 g/mol. The predicted molar refractivity (Wildman–Crippen MR) is 68.4 cm³/mol. The lowest BCUT2D eigenvalue weighted by molar-refractivity contribution is -0.116. The van der Waals surface area contributed by atoms with Gasteiger partial charge < -0.3 is 10.1 Å². The molecule has 0 aliphatic carbocycles. The average Bonchev–Trinajstić information content (AvgIpc) is 2.36. The Bertz CT molecular complexity index is 401. The van der Waals surface area contributed by atoms with Crippen LogP contribution in [0.25, 0.3) is 0 Å². The smallest absolute Gasteiger partial charge is 0.224 e. The van der Waals surface area contributed by atoms with Crippen LogP contribution >= 0.6 is 0 Å². The fourth-order valence-corrected chi connectivity index (χ4v) is 2.00. The van der Waals surface area contributed by atoms with E-state index in [4.69, 9.17) is 4.74 Å². The molecule has 1 aromatic rings. The van der Waals surface area contributed by atoms with Gasteiger partial charge in [-0.2, -0.15) is 0 Å². The van der Waals surface area contributed by atoms with Crippen molar-refractivity contribution in [1.29, 1.82) is 0 Å². The van der Waals surface area contributed by atoms with Crippen molar-refractivity contribution in [3.05, 3.63) is 23.8 Å². The first-order valence-electron chi connectivity index (χ1n) is 6.35. The maximum Gasteiger partial charge on any atom is 0.224 e. The molecule has 0 radical (unpaired) electrons. The molecule has 0 aromatic heterocycles. The Morgan fingerprint density at radius 3 is 3.18 bits per heavy atom. The Morgan fingerprint density at radius 2 is 2.35 bits per heavy atom. The summed E-state index contributed by atoms with van der Waals surface area (Å²) in [5.41, 5.74) is 2.08. The van der Waals surface area contributed by atoms with Crippen LogP contribution in [0.4, 0.5) is 5.69 Å². The molecule has 1 aliphatic heterocycles. The van der Waals surface area contributed by atoms with Gasteiger partial charge in [-0.05, 0) is 43.0 Å². The first-order valence-corrected chi connectivity index (χ1v) is 6.35. The lowest BCUT2D eigenvalue weighted by Gasteiger charge is -2.18. The number of amides is 1. The predicted octanol–water partition coefficient (Wildman–Crippen LogP) is 3.14. The lowest BCUT2D eigenvalue weighted by Crippen LogP contribution is -2.13. The van der Waals surface area contributed by atoms with E-state index in [0.717, 1.165) is 43.7 Å². The molecule has 0 saturated heterocycles. The first kappa shape index (κ1) is 12.0. The topological polar surface area (TPSA) is 38.3 Å². The fourth-order valence-electron chi connectivity index (χ4n) is 2.00. The zero-order chi connectivity index (χ0) is 12.1. The summed E-state index contributed by atoms with van der Waals surface area (Å²) in [6.45, 7) is 2.89. The van der Waals surface area contributed by atoms with Crippen molar-refractivity contribution in [3.63, 3.8) is 0 Å². The zero-order valence-corrected chi connectivity index (χ0v) is 10.3. The third kappa shape index (κ3) is 3.22. The van der Waals surface area contributed by atoms with Crippen LogP contribution in [0.15, 0.2) is 18.2 Å². The van der Waals surface area contributed by atoms with E-state index in [-0.39, 0.29) is 5.91 Å². The number of hydrogen-bond acceptors (Lipinski definition) is 2. The molecule has 0 fully saturated rings. The Hall–Kier alpha value is -1.51. The molecule has 3 heteroatoms. The number of fused-ring (bicyclic) bond motifs is 1. The standard InChI is InChI=1S/C14H19NO2/c1-2-3-6-14(16)15-12-7-8-13-11(10-12)5-4-9-17-13/h7-8,10H,2-6,9H2,1H3,(H,15,16). The van der Waals surface area contributed by atoms with Gasteiger partial charge in [-0.25, -0.2) is 0 Å². The number of benzene rings is 1. The van der Waals surface area contributed by atoms with Crippen molar-refractivity contribution in [1.82, 2.24) is 0 Å². The van der Waals surface area contributed by atoms with E-state index in [1.807, 2.05) is 18.2 Å². The lowest BCUT2D eigenvalue weighted by atomic mass is 10.1. The Labute approximate surface area is 102 Å². The number of carbonyl (C=O) groups excluding carboxylic acids is 1. The molecule has 1 heterocycles. The van der Waals surface area contributed by atoms with Gasteiger partial charge in [0, 0.05) is 12.1 Å². The Kier molecular flexibility index (Phi) is 4.02. The average molecular weight is 233 g/mol. The second-order valence-corrected chi connectivity index (χ2v) is 4.43. The SMILES string of the molecule is CCCCC(=O)Nc1ccc2c(c1)CCCO2. The number of anilines is 1. The van der Waals surface area contributed by atoms with Crippen LogP contribution in [0.3, 0.4) is 0 Å². The summed E-state index contributed by atoms with van der Waals surface area (Å²) in [6.07, 6.45) is 4.68. The highest BCUT2D eigenvalue weighted by Crippen LogP contribution is 2.27. The highest BCUT2D eigenvalue weighted by Gasteiger charge is 2.11. The summed E-state index contributed by atoms with van der Waals surface area (Å²) in [5, 5.41) is 2.93. The monoisotopic (exact) mass is 233 g/mol. The van der Waals surface area contributed by atoms with Crippen molar-refractivity contribution in [3.8, 4) is 5.75 Å². The second-order valence-electron chi connectivity index (χ2n) is 4.43. The zero-order valence-electron chi connectivity index (χ0n) is 10.3. The molecule has 1 aliphatic rings. The molecule has 1 N–H and O–H groups in total. The molecule has 2 rings (SSSR count). The van der Waals surface area contributed by atoms with E-state index in [9.17, 15) is 4.79 Å². The molecule has 0 spiro atoms. The summed E-state index contributed by atoms with van der Waals surface area (Å²) in [5.74, 6) is 1.06. The molecule has 0 atom stereocenters. The van der Waals surface area contributed by atoms with Gasteiger partial charge in [-0.1, -0.05) is 13.3 Å². The molecule has 3 nitrogen and oxygen atoms in total. The molecule has 17 heavy (non-hydrogen) atoms. The Morgan fingerprint density at radius 1 is 1.47 bits per heavy atom. The van der Waals surface area contributed by atoms with Gasteiger partial charge in [0.1, 0.15) is 5.75 Å². The molecular formula is C14H19NO2. The van der Waals surface area contributed by atoms with E-state index in [0.29, 0.717) is 6.42 Å². The second kappa shape index (κ2) is 5.71. The van der Waals surface area contributed by atoms with Crippen LogP contribution < -0.4 is 10.1 Å². The molecule has 0 saturated carbocycles. The van der Waals surface area contributed by atoms with Gasteiger partial charge in [-0.15, -0.1) is 0 Å². The Balaban J connectivity index is 1.99. The van der Waals surface area contributed by atoms with Gasteiger partial charge >= 0.3 is 0 Å². The van der Waals surface area contributed by atoms with Gasteiger partial charge in [0.15, 0.2) is 0 Å². The fraction of sp³-hybridized carbons (Fsp3) is 0.500. The van der Waals surface area contributed by atoms with Gasteiger partial charge in [-0.3, -0.25) is 4.79 Å². The van der Waals surface area contributed by atoms with Crippen LogP contribution in [0, 0.1) is 0 Å². The third-order valence-electron chi connectivity index (χ3n) is 2.95. The van der Waals surface area contributed by atoms with E-state index >= 15 is 0 Å². The maximum absolute atomic E-state index is 11.6. The molecule has 0 bridgehead atoms. The van der Waals surface area contributed by atoms with Crippen LogP contribution in [0.5, 0.6) is 5.75 Å². The number of ether oxygens (including phenoxy) is 1. The normalized spacial score (nSPS) is 13.7. The summed E-state index contributed by atoms with van der Waals surface area (Å²) >= 11 is 0. The summed E-state index contributed by atoms with van der Waals surface area (Å²) < 4.78 is 5.54. The first-order chi connectivity index (χ1) is 8.29. The number of unbranched alkanes of at least 4 members (excludes halogenated alkanes) is 1. The summed E-state index contributed by atoms with van der Waals surface area (Å²) in [7, 11) is 0. The molecule has 1 amide bonds. The van der Waals surface area contributed by atoms with Gasteiger partial charge in [0.2, 0.25) is 5.91 Å². The highest BCUT2D eigenvalue weighted by atomic mass is 16.5. The number of nitrogens with one attached hydrogen (secondary N) is 1. The van der Waals surface area contributed by atoms with Crippen molar-refractivity contribution >= 4 is 11.6 Å². The quantitative estimate of drug-likeness (QED) is 0.867. The van der Waals surface area contributed by atoms with Gasteiger partial charge in [0.05, 0.1) is 6.61 Å². The minimum Gasteiger partial charge on any atom is -0.493 e. The van der Waals surface area contributed by atoms with Crippen molar-refractivity contribution in [2.75, 3.05) is 11.9 Å². The third-order valence-corrected chi connectivity index (χ3v) is 2.95. The van der Waals surface area contributed by atoms with Crippen LogP contribution in [0.2, 0.25) is 0 Å². The van der Waals surface area contributed by atoms with Crippen LogP contribution in [-0.2, 0) is 11.2 Å². The van der Waals surface area contributed by atoms with E-state index in [1.165, 1.54) is 5.56 Å². The van der Waals surface area contributed by atoms with Crippen LogP contribution in [-0.4, -0.2) is 12.5 Å². The van der Waals surface area contributed by atoms with Crippen molar-refractivity contribution in [2.24, 2.45) is 0 Å². The molecule has 1 aromatic carbocycles. The van der Waals surface area contributed by atoms with E-state index in [2.05, 4.69) is 12.2 Å². The van der Waals surface area contributed by atoms with Crippen molar-refractivity contribution < 1.29 is 9.53 Å². The van der Waals surface area contributed by atoms with Gasteiger partial charge in [0.25, 0.3) is 0 Å². The van der Waals surface area contributed by atoms with E-state index < -0.39 is 0 Å². The van der Waals surface area contributed by atoms with E-state index in [1.54, 1.807) is 0 Å². The van der Waals surface area contributed by atoms with Crippen LogP contribution in [0.1, 0.15) is 38.2 Å². The number of hydrogen-bond donors (Lipinski definition) is 1. The summed E-state index contributed by atoms with van der Waals surface area (Å²) in [4.78, 5) is 11.6. The highest BCUT2D eigenvalue weighted by molar-refractivity contribution is 5.90. The largest absolute Gasteiger partial charge is 0.493 e. The number of carbonyl (C=O) groups is 1. The minimum atomic E-state index is 0.100. The minimum absolute atomic E-state index is 0.100.